The van der Waals surface area contributed by atoms with E-state index in [1.54, 1.807) is 0 Å². The van der Waals surface area contributed by atoms with Crippen molar-refractivity contribution in [1.82, 2.24) is 6.15 Å². The van der Waals surface area contributed by atoms with Crippen LogP contribution in [0.2, 0.25) is 0 Å². The Morgan fingerprint density at radius 2 is 1.86 bits per heavy atom. The van der Waals surface area contributed by atoms with E-state index in [4.69, 9.17) is 0 Å². The number of hydrogen-bond acceptors (Lipinski definition) is 1. The zero-order chi connectivity index (χ0) is 4.12. The molecule has 46 valence electrons. The van der Waals surface area contributed by atoms with Gasteiger partial charge >= 0.3 is 27.3 Å². The summed E-state index contributed by atoms with van der Waals surface area (Å²) in [4.78, 5) is 0. The van der Waals surface area contributed by atoms with E-state index in [9.17, 15) is 0 Å². The molecule has 7 heavy (non-hydrogen) atoms. The van der Waals surface area contributed by atoms with E-state index in [0.717, 1.165) is 0 Å². The molecule has 0 fully saturated rings. The van der Waals surface area contributed by atoms with Crippen LogP contribution in [0.5, 0.6) is 0 Å². The van der Waals surface area contributed by atoms with Gasteiger partial charge in [0.2, 0.25) is 0 Å². The second-order valence-corrected chi connectivity index (χ2v) is 2.12. The fourth-order valence-electron chi connectivity index (χ4n) is 0.134. The Kier molecular flexibility index (Phi) is 35.4. The molecule has 3 N–H and O–H groups in total. The summed E-state index contributed by atoms with van der Waals surface area (Å²) in [6.07, 6.45) is 2.71. The molecule has 0 rings (SSSR count). The van der Waals surface area contributed by atoms with Crippen molar-refractivity contribution in [2.45, 2.75) is 19.8 Å². The van der Waals surface area contributed by atoms with Gasteiger partial charge < -0.3 is 6.15 Å². The van der Waals surface area contributed by atoms with Gasteiger partial charge in [-0.15, -0.1) is 0 Å². The van der Waals surface area contributed by atoms with Crippen LogP contribution in [0.1, 0.15) is 19.8 Å². The van der Waals surface area contributed by atoms with Crippen LogP contribution < -0.4 is 6.15 Å². The van der Waals surface area contributed by atoms with Gasteiger partial charge in [-0.25, -0.2) is 0 Å². The van der Waals surface area contributed by atoms with Crippen molar-refractivity contribution in [3.63, 3.8) is 0 Å². The Labute approximate surface area is 79.5 Å². The van der Waals surface area contributed by atoms with Crippen molar-refractivity contribution >= 4 is 49.9 Å². The minimum absolute atomic E-state index is 0. The SMILES string of the molecule is CCCCI.N.[PbH2]. The molecule has 3 heteroatoms. The number of hydrogen-bond donors (Lipinski definition) is 1. The van der Waals surface area contributed by atoms with Crippen molar-refractivity contribution < 1.29 is 0 Å². The standard InChI is InChI=1S/C4H9I.H3N.Pb.2H/c1-2-3-4-5;;;;/h2-4H2,1H3;1H3;;;. The first-order valence-electron chi connectivity index (χ1n) is 1.97. The van der Waals surface area contributed by atoms with Gasteiger partial charge in [0.1, 0.15) is 0 Å². The molecule has 0 spiro atoms. The summed E-state index contributed by atoms with van der Waals surface area (Å²) in [6.45, 7) is 2.21. The Morgan fingerprint density at radius 1 is 1.43 bits per heavy atom. The first kappa shape index (κ1) is 15.8. The maximum atomic E-state index is 2.39. The van der Waals surface area contributed by atoms with E-state index in [0.29, 0.717) is 0 Å². The zero-order valence-electron chi connectivity index (χ0n) is 4.91. The van der Waals surface area contributed by atoms with Crippen molar-refractivity contribution in [1.29, 1.82) is 0 Å². The van der Waals surface area contributed by atoms with Gasteiger partial charge in [-0.05, 0) is 10.8 Å². The van der Waals surface area contributed by atoms with Crippen molar-refractivity contribution in [3.8, 4) is 0 Å². The summed E-state index contributed by atoms with van der Waals surface area (Å²) >= 11 is 2.39. The maximum absolute atomic E-state index is 2.39. The number of halogens is 1. The number of unbranched alkanes of at least 4 members (excludes halogenated alkanes) is 1. The molecule has 0 aliphatic heterocycles. The predicted molar refractivity (Wildman–Crippen MR) is 47.4 cm³/mol. The van der Waals surface area contributed by atoms with Gasteiger partial charge in [0.15, 0.2) is 0 Å². The van der Waals surface area contributed by atoms with E-state index < -0.39 is 0 Å². The molecule has 0 amide bonds. The molecular weight excluding hydrogens is 396 g/mol. The summed E-state index contributed by atoms with van der Waals surface area (Å²) < 4.78 is 1.31. The molecular formula is C4H14INPb. The number of rotatable bonds is 2. The van der Waals surface area contributed by atoms with Gasteiger partial charge in [-0.3, -0.25) is 0 Å². The fraction of sp³-hybridized carbons (Fsp3) is 1.00. The van der Waals surface area contributed by atoms with E-state index >= 15 is 0 Å². The Hall–Kier alpha value is 1.61. The molecule has 0 atom stereocenters. The van der Waals surface area contributed by atoms with Crippen molar-refractivity contribution in [2.75, 3.05) is 4.43 Å². The molecule has 0 unspecified atom stereocenters. The first-order chi connectivity index (χ1) is 2.41. The zero-order valence-corrected chi connectivity index (χ0v) is 12.6. The van der Waals surface area contributed by atoms with Crippen LogP contribution in [0.15, 0.2) is 0 Å². The fourth-order valence-corrected chi connectivity index (χ4v) is 0.896. The summed E-state index contributed by atoms with van der Waals surface area (Å²) in [5, 5.41) is 0. The van der Waals surface area contributed by atoms with Gasteiger partial charge in [0.05, 0.1) is 0 Å². The molecule has 0 aromatic carbocycles. The third-order valence-electron chi connectivity index (χ3n) is 0.487. The Bertz CT molecular complexity index is 19.2. The monoisotopic (exact) mass is 411 g/mol. The van der Waals surface area contributed by atoms with Crippen LogP contribution in [0.4, 0.5) is 0 Å². The van der Waals surface area contributed by atoms with Gasteiger partial charge in [0, 0.05) is 0 Å². The van der Waals surface area contributed by atoms with Crippen LogP contribution in [0.25, 0.3) is 0 Å². The summed E-state index contributed by atoms with van der Waals surface area (Å²) in [5.74, 6) is 0. The Balaban J connectivity index is -0.0000000800. The second kappa shape index (κ2) is 15.6. The van der Waals surface area contributed by atoms with Crippen molar-refractivity contribution in [2.24, 2.45) is 0 Å². The van der Waals surface area contributed by atoms with E-state index in [1.807, 2.05) is 0 Å². The summed E-state index contributed by atoms with van der Waals surface area (Å²) in [6, 6.07) is 0. The van der Waals surface area contributed by atoms with Gasteiger partial charge in [-0.1, -0.05) is 35.9 Å². The number of alkyl halides is 1. The topological polar surface area (TPSA) is 35.0 Å². The molecule has 0 aliphatic carbocycles. The van der Waals surface area contributed by atoms with E-state index in [2.05, 4.69) is 29.5 Å². The van der Waals surface area contributed by atoms with Crippen LogP contribution in [-0.4, -0.2) is 31.7 Å². The van der Waals surface area contributed by atoms with E-state index in [-0.39, 0.29) is 33.4 Å². The minimum atomic E-state index is 0. The summed E-state index contributed by atoms with van der Waals surface area (Å²) in [7, 11) is 0. The normalized spacial score (nSPS) is 6.00. The molecule has 0 aromatic rings. The van der Waals surface area contributed by atoms with Crippen LogP contribution >= 0.6 is 22.6 Å². The molecule has 2 radical (unpaired) electrons. The molecule has 0 aromatic heterocycles. The molecule has 0 saturated carbocycles. The molecule has 1 nitrogen and oxygen atoms in total. The Morgan fingerprint density at radius 3 is 1.86 bits per heavy atom. The average Bonchev–Trinajstić information content (AvgIpc) is 1.41. The van der Waals surface area contributed by atoms with Crippen LogP contribution in [-0.2, 0) is 0 Å². The van der Waals surface area contributed by atoms with Gasteiger partial charge in [0.25, 0.3) is 0 Å². The third-order valence-corrected chi connectivity index (χ3v) is 1.25. The predicted octanol–water partition coefficient (Wildman–Crippen LogP) is 1.47. The third kappa shape index (κ3) is 18.4. The van der Waals surface area contributed by atoms with Crippen LogP contribution in [0, 0.1) is 0 Å². The summed E-state index contributed by atoms with van der Waals surface area (Å²) in [5.41, 5.74) is 0. The average molecular weight is 410 g/mol. The molecule has 0 bridgehead atoms. The van der Waals surface area contributed by atoms with Gasteiger partial charge in [-0.2, -0.15) is 0 Å². The molecule has 0 heterocycles. The van der Waals surface area contributed by atoms with Crippen LogP contribution in [0.3, 0.4) is 0 Å². The first-order valence-corrected chi connectivity index (χ1v) is 3.50. The van der Waals surface area contributed by atoms with Crippen molar-refractivity contribution in [3.05, 3.63) is 0 Å². The molecule has 0 aliphatic rings. The second-order valence-electron chi connectivity index (χ2n) is 1.04. The van der Waals surface area contributed by atoms with E-state index in [1.165, 1.54) is 17.3 Å². The molecule has 0 saturated heterocycles. The quantitative estimate of drug-likeness (QED) is 0.418.